The SMILES string of the molecule is CC=C1N(C)c2ccc(C(=O)O)cc2C1(C)C. The first kappa shape index (κ1) is 11.7. The second-order valence-electron chi connectivity index (χ2n) is 4.90. The fraction of sp³-hybridized carbons (Fsp3) is 0.357. The number of carbonyl (C=O) groups is 1. The standard InChI is InChI=1S/C14H17NO2/c1-5-12-14(2,3)10-8-9(13(16)17)6-7-11(10)15(12)4/h5-8H,1-4H3,(H,16,17). The smallest absolute Gasteiger partial charge is 0.335 e. The molecule has 1 aromatic rings. The van der Waals surface area contributed by atoms with Crippen molar-refractivity contribution in [2.75, 3.05) is 11.9 Å². The van der Waals surface area contributed by atoms with Crippen LogP contribution in [-0.2, 0) is 5.41 Å². The lowest BCUT2D eigenvalue weighted by atomic mass is 9.83. The zero-order chi connectivity index (χ0) is 12.8. The average molecular weight is 231 g/mol. The van der Waals surface area contributed by atoms with Crippen molar-refractivity contribution in [2.24, 2.45) is 0 Å². The van der Waals surface area contributed by atoms with Gasteiger partial charge in [0.1, 0.15) is 0 Å². The summed E-state index contributed by atoms with van der Waals surface area (Å²) < 4.78 is 0. The Balaban J connectivity index is 2.66. The topological polar surface area (TPSA) is 40.5 Å². The minimum atomic E-state index is -0.875. The predicted molar refractivity (Wildman–Crippen MR) is 68.6 cm³/mol. The first-order valence-corrected chi connectivity index (χ1v) is 5.68. The minimum absolute atomic E-state index is 0.135. The van der Waals surface area contributed by atoms with E-state index in [-0.39, 0.29) is 5.41 Å². The highest BCUT2D eigenvalue weighted by molar-refractivity contribution is 5.89. The van der Waals surface area contributed by atoms with Gasteiger partial charge in [0.15, 0.2) is 0 Å². The van der Waals surface area contributed by atoms with E-state index in [2.05, 4.69) is 24.8 Å². The first-order valence-electron chi connectivity index (χ1n) is 5.68. The molecule has 3 nitrogen and oxygen atoms in total. The molecule has 1 aromatic carbocycles. The maximum atomic E-state index is 11.0. The number of allylic oxidation sites excluding steroid dienone is 2. The number of aromatic carboxylic acids is 1. The van der Waals surface area contributed by atoms with Crippen LogP contribution in [0.5, 0.6) is 0 Å². The number of likely N-dealkylation sites (N-methyl/N-ethyl adjacent to an activating group) is 1. The van der Waals surface area contributed by atoms with Crippen molar-refractivity contribution in [3.05, 3.63) is 41.1 Å². The van der Waals surface area contributed by atoms with E-state index in [1.165, 1.54) is 5.70 Å². The molecule has 0 unspecified atom stereocenters. The molecule has 0 saturated heterocycles. The summed E-state index contributed by atoms with van der Waals surface area (Å²) in [6.07, 6.45) is 2.08. The van der Waals surface area contributed by atoms with Gasteiger partial charge in [-0.05, 0) is 30.7 Å². The van der Waals surface area contributed by atoms with Gasteiger partial charge in [0.05, 0.1) is 5.56 Å². The fourth-order valence-corrected chi connectivity index (χ4v) is 2.70. The molecule has 1 aliphatic heterocycles. The van der Waals surface area contributed by atoms with Crippen LogP contribution in [0, 0.1) is 0 Å². The summed E-state index contributed by atoms with van der Waals surface area (Å²) in [4.78, 5) is 13.1. The van der Waals surface area contributed by atoms with Gasteiger partial charge < -0.3 is 10.0 Å². The van der Waals surface area contributed by atoms with Gasteiger partial charge in [-0.15, -0.1) is 0 Å². The van der Waals surface area contributed by atoms with Crippen LogP contribution in [0.2, 0.25) is 0 Å². The van der Waals surface area contributed by atoms with Crippen LogP contribution in [0.4, 0.5) is 5.69 Å². The van der Waals surface area contributed by atoms with E-state index in [0.717, 1.165) is 11.3 Å². The second kappa shape index (κ2) is 3.62. The molecule has 0 aromatic heterocycles. The molecular weight excluding hydrogens is 214 g/mol. The van der Waals surface area contributed by atoms with Gasteiger partial charge in [-0.1, -0.05) is 19.9 Å². The molecule has 0 amide bonds. The van der Waals surface area contributed by atoms with Crippen molar-refractivity contribution in [1.82, 2.24) is 0 Å². The van der Waals surface area contributed by atoms with Crippen LogP contribution in [0.15, 0.2) is 30.0 Å². The zero-order valence-electron chi connectivity index (χ0n) is 10.6. The minimum Gasteiger partial charge on any atom is -0.478 e. The Morgan fingerprint density at radius 1 is 1.41 bits per heavy atom. The van der Waals surface area contributed by atoms with Gasteiger partial charge in [-0.3, -0.25) is 0 Å². The summed E-state index contributed by atoms with van der Waals surface area (Å²) in [6.45, 7) is 6.25. The van der Waals surface area contributed by atoms with Crippen molar-refractivity contribution < 1.29 is 9.90 Å². The average Bonchev–Trinajstić information content (AvgIpc) is 2.46. The highest BCUT2D eigenvalue weighted by Crippen LogP contribution is 2.46. The largest absolute Gasteiger partial charge is 0.478 e. The van der Waals surface area contributed by atoms with Gasteiger partial charge in [0.25, 0.3) is 0 Å². The monoisotopic (exact) mass is 231 g/mol. The van der Waals surface area contributed by atoms with Crippen LogP contribution >= 0.6 is 0 Å². The summed E-state index contributed by atoms with van der Waals surface area (Å²) in [5, 5.41) is 9.05. The molecule has 1 aliphatic rings. The Labute approximate surface area is 101 Å². The Hall–Kier alpha value is -1.77. The Bertz CT molecular complexity index is 515. The van der Waals surface area contributed by atoms with Gasteiger partial charge in [0.2, 0.25) is 0 Å². The Morgan fingerprint density at radius 2 is 2.06 bits per heavy atom. The number of carboxylic acids is 1. The van der Waals surface area contributed by atoms with Crippen molar-refractivity contribution >= 4 is 11.7 Å². The van der Waals surface area contributed by atoms with Crippen molar-refractivity contribution in [1.29, 1.82) is 0 Å². The fourth-order valence-electron chi connectivity index (χ4n) is 2.70. The summed E-state index contributed by atoms with van der Waals surface area (Å²) >= 11 is 0. The van der Waals surface area contributed by atoms with Crippen molar-refractivity contribution in [3.63, 3.8) is 0 Å². The molecule has 1 heterocycles. The van der Waals surface area contributed by atoms with Crippen LogP contribution < -0.4 is 4.90 Å². The van der Waals surface area contributed by atoms with E-state index in [9.17, 15) is 4.79 Å². The molecule has 0 bridgehead atoms. The number of anilines is 1. The maximum absolute atomic E-state index is 11.0. The van der Waals surface area contributed by atoms with Gasteiger partial charge in [-0.2, -0.15) is 0 Å². The van der Waals surface area contributed by atoms with E-state index in [0.29, 0.717) is 5.56 Å². The molecule has 0 saturated carbocycles. The van der Waals surface area contributed by atoms with E-state index in [1.54, 1.807) is 12.1 Å². The number of fused-ring (bicyclic) bond motifs is 1. The predicted octanol–water partition coefficient (Wildman–Crippen LogP) is 3.02. The number of benzene rings is 1. The van der Waals surface area contributed by atoms with Crippen LogP contribution in [0.1, 0.15) is 36.7 Å². The molecule has 0 atom stereocenters. The number of carboxylic acid groups (broad SMARTS) is 1. The molecule has 3 heteroatoms. The van der Waals surface area contributed by atoms with Crippen LogP contribution in [0.3, 0.4) is 0 Å². The van der Waals surface area contributed by atoms with E-state index in [4.69, 9.17) is 5.11 Å². The third-order valence-corrected chi connectivity index (χ3v) is 3.55. The molecule has 0 aliphatic carbocycles. The molecule has 0 radical (unpaired) electrons. The number of hydrogen-bond donors (Lipinski definition) is 1. The molecule has 17 heavy (non-hydrogen) atoms. The molecular formula is C14H17NO2. The quantitative estimate of drug-likeness (QED) is 0.807. The summed E-state index contributed by atoms with van der Waals surface area (Å²) in [7, 11) is 2.02. The van der Waals surface area contributed by atoms with E-state index in [1.807, 2.05) is 20.0 Å². The Kier molecular flexibility index (Phi) is 2.49. The normalized spacial score (nSPS) is 19.5. The summed E-state index contributed by atoms with van der Waals surface area (Å²) in [5.74, 6) is -0.875. The highest BCUT2D eigenvalue weighted by Gasteiger charge is 2.38. The number of nitrogens with zero attached hydrogens (tertiary/aromatic N) is 1. The lowest BCUT2D eigenvalue weighted by molar-refractivity contribution is 0.0697. The molecule has 90 valence electrons. The summed E-state index contributed by atoms with van der Waals surface area (Å²) in [6, 6.07) is 5.33. The van der Waals surface area contributed by atoms with Crippen molar-refractivity contribution in [3.8, 4) is 0 Å². The zero-order valence-corrected chi connectivity index (χ0v) is 10.6. The lowest BCUT2D eigenvalue weighted by Gasteiger charge is -2.23. The number of hydrogen-bond acceptors (Lipinski definition) is 2. The molecule has 1 N–H and O–H groups in total. The van der Waals surface area contributed by atoms with Crippen LogP contribution in [-0.4, -0.2) is 18.1 Å². The molecule has 0 fully saturated rings. The second-order valence-corrected chi connectivity index (χ2v) is 4.90. The number of rotatable bonds is 1. The molecule has 2 rings (SSSR count). The van der Waals surface area contributed by atoms with Crippen LogP contribution in [0.25, 0.3) is 0 Å². The maximum Gasteiger partial charge on any atom is 0.335 e. The lowest BCUT2D eigenvalue weighted by Crippen LogP contribution is -2.22. The van der Waals surface area contributed by atoms with Gasteiger partial charge in [-0.25, -0.2) is 4.79 Å². The Morgan fingerprint density at radius 3 is 2.59 bits per heavy atom. The molecule has 0 spiro atoms. The van der Waals surface area contributed by atoms with Crippen molar-refractivity contribution in [2.45, 2.75) is 26.2 Å². The highest BCUT2D eigenvalue weighted by atomic mass is 16.4. The third-order valence-electron chi connectivity index (χ3n) is 3.55. The van der Waals surface area contributed by atoms with E-state index >= 15 is 0 Å². The van der Waals surface area contributed by atoms with Gasteiger partial charge in [0, 0.05) is 23.8 Å². The first-order chi connectivity index (χ1) is 7.89. The van der Waals surface area contributed by atoms with E-state index < -0.39 is 5.97 Å². The third kappa shape index (κ3) is 1.54. The summed E-state index contributed by atoms with van der Waals surface area (Å²) in [5.41, 5.74) is 3.59. The van der Waals surface area contributed by atoms with Gasteiger partial charge >= 0.3 is 5.97 Å².